The molecule has 1 amide bonds. The molecule has 0 aromatic heterocycles. The number of nitrogens with one attached hydrogen (secondary N) is 1. The molecule has 2 aromatic carbocycles. The lowest BCUT2D eigenvalue weighted by Gasteiger charge is -2.19. The number of benzene rings is 2. The number of carbonyl (C=O) groups is 2. The van der Waals surface area contributed by atoms with Gasteiger partial charge in [-0.1, -0.05) is 44.2 Å². The van der Waals surface area contributed by atoms with E-state index in [9.17, 15) is 9.59 Å². The molecule has 0 saturated carbocycles. The molecule has 0 saturated heterocycles. The first kappa shape index (κ1) is 21.4. The SMILES string of the molecule is CCN(CC)CC(=O)Nc1c(C)cc(OC(=O)C=Cc2ccccc2)cc1C. The number of esters is 1. The quantitative estimate of drug-likeness (QED) is 0.424. The van der Waals surface area contributed by atoms with Gasteiger partial charge in [-0.25, -0.2) is 4.79 Å². The fourth-order valence-electron chi connectivity index (χ4n) is 2.89. The summed E-state index contributed by atoms with van der Waals surface area (Å²) in [6.07, 6.45) is 3.11. The lowest BCUT2D eigenvalue weighted by Crippen LogP contribution is -2.33. The first-order chi connectivity index (χ1) is 13.4. The number of rotatable bonds is 8. The van der Waals surface area contributed by atoms with Gasteiger partial charge in [-0.2, -0.15) is 0 Å². The van der Waals surface area contributed by atoms with E-state index in [1.165, 1.54) is 6.08 Å². The average Bonchev–Trinajstić information content (AvgIpc) is 2.68. The predicted octanol–water partition coefficient (Wildman–Crippen LogP) is 4.20. The summed E-state index contributed by atoms with van der Waals surface area (Å²) >= 11 is 0. The van der Waals surface area contributed by atoms with Crippen molar-refractivity contribution in [3.8, 4) is 5.75 Å². The highest BCUT2D eigenvalue weighted by Gasteiger charge is 2.13. The molecule has 0 fully saturated rings. The van der Waals surface area contributed by atoms with E-state index < -0.39 is 5.97 Å². The summed E-state index contributed by atoms with van der Waals surface area (Å²) in [5.41, 5.74) is 3.39. The van der Waals surface area contributed by atoms with Gasteiger partial charge in [0.05, 0.1) is 6.54 Å². The van der Waals surface area contributed by atoms with Crippen molar-refractivity contribution in [3.05, 3.63) is 65.2 Å². The molecule has 0 unspecified atom stereocenters. The van der Waals surface area contributed by atoms with Gasteiger partial charge in [0.15, 0.2) is 0 Å². The Kier molecular flexibility index (Phi) is 7.96. The molecule has 28 heavy (non-hydrogen) atoms. The first-order valence-corrected chi connectivity index (χ1v) is 9.51. The van der Waals surface area contributed by atoms with E-state index in [-0.39, 0.29) is 5.91 Å². The minimum atomic E-state index is -0.444. The molecule has 1 N–H and O–H groups in total. The molecule has 0 aliphatic rings. The third-order valence-electron chi connectivity index (χ3n) is 4.46. The maximum absolute atomic E-state index is 12.3. The maximum atomic E-state index is 12.3. The van der Waals surface area contributed by atoms with E-state index in [0.29, 0.717) is 12.3 Å². The molecule has 0 aliphatic carbocycles. The largest absolute Gasteiger partial charge is 0.423 e. The van der Waals surface area contributed by atoms with Gasteiger partial charge in [0.25, 0.3) is 0 Å². The van der Waals surface area contributed by atoms with Crippen molar-refractivity contribution in [3.63, 3.8) is 0 Å². The molecule has 2 rings (SSSR count). The molecular weight excluding hydrogens is 352 g/mol. The molecule has 0 spiro atoms. The highest BCUT2D eigenvalue weighted by molar-refractivity contribution is 5.94. The summed E-state index contributed by atoms with van der Waals surface area (Å²) < 4.78 is 5.41. The summed E-state index contributed by atoms with van der Waals surface area (Å²) in [4.78, 5) is 26.4. The maximum Gasteiger partial charge on any atom is 0.336 e. The van der Waals surface area contributed by atoms with Crippen LogP contribution in [0, 0.1) is 13.8 Å². The number of nitrogens with zero attached hydrogens (tertiary/aromatic N) is 1. The van der Waals surface area contributed by atoms with Gasteiger partial charge in [-0.3, -0.25) is 9.69 Å². The Bertz CT molecular complexity index is 817. The molecule has 2 aromatic rings. The Morgan fingerprint density at radius 1 is 1.04 bits per heavy atom. The van der Waals surface area contributed by atoms with Gasteiger partial charge >= 0.3 is 5.97 Å². The van der Waals surface area contributed by atoms with Gasteiger partial charge in [0.2, 0.25) is 5.91 Å². The van der Waals surface area contributed by atoms with Crippen molar-refractivity contribution in [1.29, 1.82) is 0 Å². The Morgan fingerprint density at radius 2 is 1.64 bits per heavy atom. The van der Waals surface area contributed by atoms with Crippen LogP contribution in [-0.2, 0) is 9.59 Å². The molecule has 5 nitrogen and oxygen atoms in total. The number of anilines is 1. The summed E-state index contributed by atoms with van der Waals surface area (Å²) in [5.74, 6) is -0.0362. The summed E-state index contributed by atoms with van der Waals surface area (Å²) in [6.45, 7) is 9.84. The standard InChI is InChI=1S/C23H28N2O3/c1-5-25(6-2)16-21(26)24-23-17(3)14-20(15-18(23)4)28-22(27)13-12-19-10-8-7-9-11-19/h7-15H,5-6,16H2,1-4H3,(H,24,26). The summed E-state index contributed by atoms with van der Waals surface area (Å²) in [7, 11) is 0. The van der Waals surface area contributed by atoms with Crippen molar-refractivity contribution in [2.24, 2.45) is 0 Å². The number of hydrogen-bond acceptors (Lipinski definition) is 4. The van der Waals surface area contributed by atoms with Crippen LogP contribution >= 0.6 is 0 Å². The van der Waals surface area contributed by atoms with Crippen molar-refractivity contribution < 1.29 is 14.3 Å². The van der Waals surface area contributed by atoms with E-state index in [1.54, 1.807) is 18.2 Å². The van der Waals surface area contributed by atoms with Crippen molar-refractivity contribution in [2.45, 2.75) is 27.7 Å². The van der Waals surface area contributed by atoms with Gasteiger partial charge in [0, 0.05) is 11.8 Å². The van der Waals surface area contributed by atoms with Gasteiger partial charge < -0.3 is 10.1 Å². The van der Waals surface area contributed by atoms with E-state index in [2.05, 4.69) is 10.2 Å². The van der Waals surface area contributed by atoms with Crippen LogP contribution in [0.15, 0.2) is 48.5 Å². The average molecular weight is 380 g/mol. The Hall–Kier alpha value is -2.92. The number of amides is 1. The van der Waals surface area contributed by atoms with Crippen molar-refractivity contribution >= 4 is 23.6 Å². The van der Waals surface area contributed by atoms with Crippen LogP contribution in [0.25, 0.3) is 6.08 Å². The van der Waals surface area contributed by atoms with Crippen LogP contribution in [0.2, 0.25) is 0 Å². The Labute approximate surface area is 167 Å². The van der Waals surface area contributed by atoms with Crippen LogP contribution in [0.3, 0.4) is 0 Å². The fourth-order valence-corrected chi connectivity index (χ4v) is 2.89. The minimum Gasteiger partial charge on any atom is -0.423 e. The van der Waals surface area contributed by atoms with Gasteiger partial charge in [0.1, 0.15) is 5.75 Å². The third kappa shape index (κ3) is 6.35. The second-order valence-electron chi connectivity index (χ2n) is 6.61. The zero-order valence-electron chi connectivity index (χ0n) is 17.0. The zero-order chi connectivity index (χ0) is 20.5. The highest BCUT2D eigenvalue weighted by Crippen LogP contribution is 2.26. The highest BCUT2D eigenvalue weighted by atomic mass is 16.5. The van der Waals surface area contributed by atoms with Crippen LogP contribution in [0.5, 0.6) is 5.75 Å². The molecule has 0 bridgehead atoms. The molecule has 0 heterocycles. The van der Waals surface area contributed by atoms with Gasteiger partial charge in [-0.05, 0) is 61.8 Å². The van der Waals surface area contributed by atoms with E-state index in [0.717, 1.165) is 35.5 Å². The number of likely N-dealkylation sites (N-methyl/N-ethyl adjacent to an activating group) is 1. The van der Waals surface area contributed by atoms with E-state index >= 15 is 0 Å². The van der Waals surface area contributed by atoms with Crippen LogP contribution < -0.4 is 10.1 Å². The fraction of sp³-hybridized carbons (Fsp3) is 0.304. The molecule has 0 aliphatic heterocycles. The monoisotopic (exact) mass is 380 g/mol. The minimum absolute atomic E-state index is 0.0505. The topological polar surface area (TPSA) is 58.6 Å². The zero-order valence-corrected chi connectivity index (χ0v) is 17.0. The number of ether oxygens (including phenoxy) is 1. The summed E-state index contributed by atoms with van der Waals surface area (Å²) in [5, 5.41) is 2.97. The number of carbonyl (C=O) groups excluding carboxylic acids is 2. The van der Waals surface area contributed by atoms with Crippen LogP contribution in [-0.4, -0.2) is 36.4 Å². The normalized spacial score (nSPS) is 11.0. The first-order valence-electron chi connectivity index (χ1n) is 9.51. The second-order valence-corrected chi connectivity index (χ2v) is 6.61. The second kappa shape index (κ2) is 10.4. The molecule has 0 radical (unpaired) electrons. The predicted molar refractivity (Wildman–Crippen MR) is 113 cm³/mol. The van der Waals surface area contributed by atoms with Crippen LogP contribution in [0.1, 0.15) is 30.5 Å². The molecule has 148 valence electrons. The smallest absolute Gasteiger partial charge is 0.336 e. The lowest BCUT2D eigenvalue weighted by molar-refractivity contribution is -0.129. The molecule has 0 atom stereocenters. The van der Waals surface area contributed by atoms with Crippen LogP contribution in [0.4, 0.5) is 5.69 Å². The number of hydrogen-bond donors (Lipinski definition) is 1. The third-order valence-corrected chi connectivity index (χ3v) is 4.46. The number of aryl methyl sites for hydroxylation is 2. The van der Waals surface area contributed by atoms with E-state index in [4.69, 9.17) is 4.74 Å². The van der Waals surface area contributed by atoms with Gasteiger partial charge in [-0.15, -0.1) is 0 Å². The molecular formula is C23H28N2O3. The van der Waals surface area contributed by atoms with Crippen molar-refractivity contribution in [1.82, 2.24) is 4.90 Å². The van der Waals surface area contributed by atoms with Crippen molar-refractivity contribution in [2.75, 3.05) is 25.0 Å². The summed E-state index contributed by atoms with van der Waals surface area (Å²) in [6, 6.07) is 13.1. The Balaban J connectivity index is 2.03. The molecule has 5 heteroatoms. The lowest BCUT2D eigenvalue weighted by atomic mass is 10.1. The van der Waals surface area contributed by atoms with E-state index in [1.807, 2.05) is 58.0 Å². The Morgan fingerprint density at radius 3 is 2.21 bits per heavy atom.